The zero-order valence-corrected chi connectivity index (χ0v) is 21.3. The van der Waals surface area contributed by atoms with E-state index in [0.717, 1.165) is 6.07 Å². The molecule has 2 amide bonds. The summed E-state index contributed by atoms with van der Waals surface area (Å²) < 4.78 is 56.2. The zero-order valence-electron chi connectivity index (χ0n) is 21.3. The van der Waals surface area contributed by atoms with Gasteiger partial charge < -0.3 is 29.8 Å². The van der Waals surface area contributed by atoms with Crippen LogP contribution in [0.4, 0.5) is 13.2 Å². The van der Waals surface area contributed by atoms with Crippen molar-refractivity contribution in [3.63, 3.8) is 0 Å². The SMILES string of the molecule is COc1ccc(-c2nc(C(=O)NC(C)(C)C(=O)N3CCOCC3)c([C@H](C)N)o2)c2ccc(C(F)(F)F)nc12. The number of amides is 2. The van der Waals surface area contributed by atoms with Crippen molar-refractivity contribution in [2.45, 2.75) is 38.5 Å². The maximum absolute atomic E-state index is 13.3. The van der Waals surface area contributed by atoms with Crippen LogP contribution in [0.15, 0.2) is 28.7 Å². The number of rotatable bonds is 6. The molecule has 3 heterocycles. The van der Waals surface area contributed by atoms with Crippen molar-refractivity contribution in [2.75, 3.05) is 33.4 Å². The summed E-state index contributed by atoms with van der Waals surface area (Å²) in [4.78, 5) is 36.0. The van der Waals surface area contributed by atoms with Gasteiger partial charge in [0.2, 0.25) is 11.8 Å². The van der Waals surface area contributed by atoms with Gasteiger partial charge in [0.1, 0.15) is 22.5 Å². The Labute approximate surface area is 216 Å². The molecule has 3 aromatic rings. The lowest BCUT2D eigenvalue weighted by atomic mass is 10.0. The molecule has 0 saturated carbocycles. The third-order valence-electron chi connectivity index (χ3n) is 6.10. The fourth-order valence-electron chi connectivity index (χ4n) is 4.18. The Morgan fingerprint density at radius 1 is 1.13 bits per heavy atom. The Morgan fingerprint density at radius 3 is 2.42 bits per heavy atom. The lowest BCUT2D eigenvalue weighted by molar-refractivity contribution is -0.141. The van der Waals surface area contributed by atoms with Gasteiger partial charge in [-0.25, -0.2) is 9.97 Å². The number of hydrogen-bond donors (Lipinski definition) is 2. The molecule has 1 aliphatic heterocycles. The summed E-state index contributed by atoms with van der Waals surface area (Å²) >= 11 is 0. The quantitative estimate of drug-likeness (QED) is 0.491. The highest BCUT2D eigenvalue weighted by Gasteiger charge is 2.37. The predicted octanol–water partition coefficient (Wildman–Crippen LogP) is 3.30. The molecule has 13 heteroatoms. The minimum absolute atomic E-state index is 0.0472. The number of hydrogen-bond acceptors (Lipinski definition) is 8. The van der Waals surface area contributed by atoms with Crippen molar-refractivity contribution in [3.8, 4) is 17.2 Å². The van der Waals surface area contributed by atoms with Gasteiger partial charge in [0.25, 0.3) is 5.91 Å². The minimum atomic E-state index is -4.66. The number of aromatic nitrogens is 2. The summed E-state index contributed by atoms with van der Waals surface area (Å²) in [5.41, 5.74) is 3.79. The number of benzene rings is 1. The van der Waals surface area contributed by atoms with E-state index in [0.29, 0.717) is 26.3 Å². The van der Waals surface area contributed by atoms with E-state index < -0.39 is 29.4 Å². The average molecular weight is 536 g/mol. The van der Waals surface area contributed by atoms with Gasteiger partial charge in [0.05, 0.1) is 26.4 Å². The van der Waals surface area contributed by atoms with Gasteiger partial charge in [-0.1, -0.05) is 0 Å². The number of nitrogens with one attached hydrogen (secondary N) is 1. The van der Waals surface area contributed by atoms with Crippen LogP contribution in [-0.2, 0) is 15.7 Å². The molecule has 1 saturated heterocycles. The highest BCUT2D eigenvalue weighted by Crippen LogP contribution is 2.37. The number of fused-ring (bicyclic) bond motifs is 1. The fraction of sp³-hybridized carbons (Fsp3) is 0.440. The molecule has 0 radical (unpaired) electrons. The summed E-state index contributed by atoms with van der Waals surface area (Å²) in [5, 5.41) is 2.97. The molecule has 0 unspecified atom stereocenters. The molecule has 10 nitrogen and oxygen atoms in total. The Hall–Kier alpha value is -3.71. The van der Waals surface area contributed by atoms with Crippen LogP contribution in [0.3, 0.4) is 0 Å². The molecular formula is C25H28F3N5O5. The normalized spacial score (nSPS) is 15.4. The van der Waals surface area contributed by atoms with E-state index in [1.807, 2.05) is 0 Å². The summed E-state index contributed by atoms with van der Waals surface area (Å²) in [6, 6.07) is 4.30. The van der Waals surface area contributed by atoms with Crippen molar-refractivity contribution in [2.24, 2.45) is 5.73 Å². The van der Waals surface area contributed by atoms with E-state index in [9.17, 15) is 22.8 Å². The largest absolute Gasteiger partial charge is 0.494 e. The number of alkyl halides is 3. The molecule has 0 spiro atoms. The van der Waals surface area contributed by atoms with Crippen LogP contribution in [0, 0.1) is 0 Å². The van der Waals surface area contributed by atoms with E-state index in [4.69, 9.17) is 19.6 Å². The Morgan fingerprint density at radius 2 is 1.82 bits per heavy atom. The summed E-state index contributed by atoms with van der Waals surface area (Å²) in [5.74, 6) is -0.845. The van der Waals surface area contributed by atoms with E-state index in [1.165, 1.54) is 19.2 Å². The van der Waals surface area contributed by atoms with Gasteiger partial charge in [0, 0.05) is 24.0 Å². The zero-order chi connectivity index (χ0) is 27.8. The van der Waals surface area contributed by atoms with Crippen LogP contribution >= 0.6 is 0 Å². The molecular weight excluding hydrogens is 507 g/mol. The summed E-state index contributed by atoms with van der Waals surface area (Å²) in [6.07, 6.45) is -4.66. The number of nitrogens with zero attached hydrogens (tertiary/aromatic N) is 3. The minimum Gasteiger partial charge on any atom is -0.494 e. The summed E-state index contributed by atoms with van der Waals surface area (Å²) in [6.45, 7) is 6.39. The van der Waals surface area contributed by atoms with Gasteiger partial charge in [-0.05, 0) is 45.0 Å². The molecule has 4 rings (SSSR count). The van der Waals surface area contributed by atoms with Gasteiger partial charge in [-0.3, -0.25) is 9.59 Å². The predicted molar refractivity (Wildman–Crippen MR) is 130 cm³/mol. The maximum atomic E-state index is 13.3. The Balaban J connectivity index is 1.72. The average Bonchev–Trinajstić information content (AvgIpc) is 3.33. The lowest BCUT2D eigenvalue weighted by Gasteiger charge is -2.34. The molecule has 1 aliphatic rings. The number of morpholine rings is 1. The standard InChI is InChI=1S/C25H28F3N5O5/c1-13(29)20-19(21(34)32-24(2,3)23(35)33-9-11-37-12-10-33)31-22(38-20)15-5-7-16(36-4)18-14(15)6-8-17(30-18)25(26,27)28/h5-8,13H,9-12,29H2,1-4H3,(H,32,34)/t13-/m0/s1. The van der Waals surface area contributed by atoms with Gasteiger partial charge in [-0.15, -0.1) is 0 Å². The number of oxazole rings is 1. The molecule has 38 heavy (non-hydrogen) atoms. The van der Waals surface area contributed by atoms with Crippen LogP contribution in [0.25, 0.3) is 22.4 Å². The first-order valence-corrected chi connectivity index (χ1v) is 11.8. The van der Waals surface area contributed by atoms with Crippen LogP contribution in [0.2, 0.25) is 0 Å². The van der Waals surface area contributed by atoms with Crippen molar-refractivity contribution < 1.29 is 36.7 Å². The topological polar surface area (TPSA) is 133 Å². The number of halogens is 3. The maximum Gasteiger partial charge on any atom is 0.433 e. The van der Waals surface area contributed by atoms with Crippen LogP contribution < -0.4 is 15.8 Å². The first-order chi connectivity index (χ1) is 17.8. The van der Waals surface area contributed by atoms with Crippen molar-refractivity contribution in [1.29, 1.82) is 0 Å². The highest BCUT2D eigenvalue weighted by molar-refractivity contribution is 6.00. The number of carbonyl (C=O) groups excluding carboxylic acids is 2. The Bertz CT molecular complexity index is 1360. The molecule has 1 aromatic carbocycles. The van der Waals surface area contributed by atoms with Crippen molar-refractivity contribution >= 4 is 22.7 Å². The first-order valence-electron chi connectivity index (χ1n) is 11.8. The molecule has 204 valence electrons. The Kier molecular flexibility index (Phi) is 7.35. The third kappa shape index (κ3) is 5.29. The van der Waals surface area contributed by atoms with Crippen molar-refractivity contribution in [3.05, 3.63) is 41.4 Å². The van der Waals surface area contributed by atoms with Gasteiger partial charge >= 0.3 is 6.18 Å². The molecule has 0 bridgehead atoms. The van der Waals surface area contributed by atoms with Gasteiger partial charge in [-0.2, -0.15) is 13.2 Å². The molecule has 2 aromatic heterocycles. The van der Waals surface area contributed by atoms with E-state index in [1.54, 1.807) is 31.7 Å². The second-order valence-corrected chi connectivity index (χ2v) is 9.41. The van der Waals surface area contributed by atoms with Crippen molar-refractivity contribution in [1.82, 2.24) is 20.2 Å². The fourth-order valence-corrected chi connectivity index (χ4v) is 4.18. The summed E-state index contributed by atoms with van der Waals surface area (Å²) in [7, 11) is 1.32. The molecule has 1 atom stereocenters. The third-order valence-corrected chi connectivity index (χ3v) is 6.10. The second-order valence-electron chi connectivity index (χ2n) is 9.41. The molecule has 1 fully saturated rings. The second kappa shape index (κ2) is 10.2. The highest BCUT2D eigenvalue weighted by atomic mass is 19.4. The van der Waals surface area contributed by atoms with Gasteiger partial charge in [0.15, 0.2) is 11.5 Å². The number of nitrogens with two attached hydrogens (primary N) is 1. The number of ether oxygens (including phenoxy) is 2. The van der Waals surface area contributed by atoms with E-state index in [-0.39, 0.29) is 45.5 Å². The lowest BCUT2D eigenvalue weighted by Crippen LogP contribution is -2.58. The first kappa shape index (κ1) is 27.3. The number of carbonyl (C=O) groups is 2. The molecule has 3 N–H and O–H groups in total. The number of pyridine rings is 1. The van der Waals surface area contributed by atoms with Crippen LogP contribution in [0.5, 0.6) is 5.75 Å². The smallest absolute Gasteiger partial charge is 0.433 e. The van der Waals surface area contributed by atoms with E-state index >= 15 is 0 Å². The van der Waals surface area contributed by atoms with Crippen LogP contribution in [0.1, 0.15) is 48.8 Å². The number of methoxy groups -OCH3 is 1. The van der Waals surface area contributed by atoms with E-state index in [2.05, 4.69) is 15.3 Å². The van der Waals surface area contributed by atoms with Crippen LogP contribution in [-0.4, -0.2) is 65.6 Å². The monoisotopic (exact) mass is 535 g/mol. The molecule has 0 aliphatic carbocycles.